The molecule has 0 atom stereocenters. The van der Waals surface area contributed by atoms with E-state index in [1.807, 2.05) is 30.3 Å². The van der Waals surface area contributed by atoms with Crippen LogP contribution in [0.25, 0.3) is 5.57 Å². The molecule has 2 nitrogen and oxygen atoms in total. The minimum absolute atomic E-state index is 0.771. The molecule has 0 amide bonds. The fraction of sp³-hybridized carbons (Fsp3) is 0.100. The van der Waals surface area contributed by atoms with Crippen LogP contribution >= 0.6 is 0 Å². The predicted molar refractivity (Wildman–Crippen MR) is 48.5 cm³/mol. The Bertz CT molecular complexity index is 372. The highest BCUT2D eigenvalue weighted by Gasteiger charge is 2.13. The number of para-hydroxylation sites is 1. The van der Waals surface area contributed by atoms with Crippen molar-refractivity contribution in [3.8, 4) is 6.07 Å². The molecular weight excluding hydrogens is 148 g/mol. The summed E-state index contributed by atoms with van der Waals surface area (Å²) in [7, 11) is 0. The van der Waals surface area contributed by atoms with Gasteiger partial charge in [-0.05, 0) is 11.6 Å². The molecule has 58 valence electrons. The van der Waals surface area contributed by atoms with Crippen molar-refractivity contribution in [1.82, 2.24) is 0 Å². The van der Waals surface area contributed by atoms with Gasteiger partial charge in [0.25, 0.3) is 0 Å². The van der Waals surface area contributed by atoms with Crippen molar-refractivity contribution in [2.75, 3.05) is 11.9 Å². The van der Waals surface area contributed by atoms with Gasteiger partial charge in [-0.25, -0.2) is 0 Å². The SMILES string of the molecule is N#C/C=C1/CNc2ccccc21. The molecule has 0 unspecified atom stereocenters. The normalized spacial score (nSPS) is 16.8. The standard InChI is InChI=1S/C10H8N2/c11-6-5-8-7-12-10-4-2-1-3-9(8)10/h1-5,12H,7H2/b8-5-. The Kier molecular flexibility index (Phi) is 1.56. The number of anilines is 1. The number of fused-ring (bicyclic) bond motifs is 1. The Morgan fingerprint density at radius 2 is 2.25 bits per heavy atom. The lowest BCUT2D eigenvalue weighted by molar-refractivity contribution is 1.44. The quantitative estimate of drug-likeness (QED) is 0.583. The van der Waals surface area contributed by atoms with Gasteiger partial charge in [0.2, 0.25) is 0 Å². The van der Waals surface area contributed by atoms with Crippen molar-refractivity contribution in [1.29, 1.82) is 5.26 Å². The smallest absolute Gasteiger partial charge is 0.0915 e. The van der Waals surface area contributed by atoms with Gasteiger partial charge in [0.1, 0.15) is 0 Å². The highest BCUT2D eigenvalue weighted by molar-refractivity contribution is 5.84. The fourth-order valence-corrected chi connectivity index (χ4v) is 1.41. The summed E-state index contributed by atoms with van der Waals surface area (Å²) in [5.74, 6) is 0. The third-order valence-corrected chi connectivity index (χ3v) is 1.98. The summed E-state index contributed by atoms with van der Waals surface area (Å²) in [6.07, 6.45) is 1.60. The van der Waals surface area contributed by atoms with Crippen molar-refractivity contribution >= 4 is 11.3 Å². The van der Waals surface area contributed by atoms with Crippen LogP contribution in [0, 0.1) is 11.3 Å². The van der Waals surface area contributed by atoms with E-state index in [1.54, 1.807) is 6.08 Å². The first-order valence-corrected chi connectivity index (χ1v) is 3.84. The average molecular weight is 156 g/mol. The molecule has 0 radical (unpaired) electrons. The Morgan fingerprint density at radius 1 is 1.42 bits per heavy atom. The van der Waals surface area contributed by atoms with E-state index in [1.165, 1.54) is 0 Å². The minimum Gasteiger partial charge on any atom is -0.380 e. The van der Waals surface area contributed by atoms with Crippen LogP contribution in [0.2, 0.25) is 0 Å². The molecule has 1 aliphatic heterocycles. The minimum atomic E-state index is 0.771. The number of benzene rings is 1. The summed E-state index contributed by atoms with van der Waals surface area (Å²) in [4.78, 5) is 0. The van der Waals surface area contributed by atoms with Crippen molar-refractivity contribution < 1.29 is 0 Å². The van der Waals surface area contributed by atoms with Crippen molar-refractivity contribution in [2.24, 2.45) is 0 Å². The van der Waals surface area contributed by atoms with Gasteiger partial charge in [-0.3, -0.25) is 0 Å². The lowest BCUT2D eigenvalue weighted by Crippen LogP contribution is -1.90. The maximum atomic E-state index is 8.50. The molecule has 1 aliphatic rings. The zero-order valence-corrected chi connectivity index (χ0v) is 6.54. The summed E-state index contributed by atoms with van der Waals surface area (Å²) in [5.41, 5.74) is 3.35. The summed E-state index contributed by atoms with van der Waals surface area (Å²) in [5, 5.41) is 11.7. The fourth-order valence-electron chi connectivity index (χ4n) is 1.41. The highest BCUT2D eigenvalue weighted by atomic mass is 14.9. The molecule has 0 fully saturated rings. The van der Waals surface area contributed by atoms with E-state index in [2.05, 4.69) is 5.32 Å². The van der Waals surface area contributed by atoms with Crippen molar-refractivity contribution in [3.05, 3.63) is 35.9 Å². The number of hydrogen-bond donors (Lipinski definition) is 1. The van der Waals surface area contributed by atoms with Crippen LogP contribution < -0.4 is 5.32 Å². The van der Waals surface area contributed by atoms with E-state index in [0.29, 0.717) is 0 Å². The molecule has 0 saturated carbocycles. The number of rotatable bonds is 0. The third kappa shape index (κ3) is 0.960. The molecule has 12 heavy (non-hydrogen) atoms. The number of nitrogens with zero attached hydrogens (tertiary/aromatic N) is 1. The van der Waals surface area contributed by atoms with Crippen LogP contribution in [0.3, 0.4) is 0 Å². The van der Waals surface area contributed by atoms with Crippen LogP contribution in [0.15, 0.2) is 30.3 Å². The van der Waals surface area contributed by atoms with Gasteiger partial charge in [-0.15, -0.1) is 0 Å². The number of allylic oxidation sites excluding steroid dienone is 1. The largest absolute Gasteiger partial charge is 0.380 e. The first-order chi connectivity index (χ1) is 5.92. The van der Waals surface area contributed by atoms with Gasteiger partial charge < -0.3 is 5.32 Å². The molecule has 1 N–H and O–H groups in total. The summed E-state index contributed by atoms with van der Waals surface area (Å²) >= 11 is 0. The van der Waals surface area contributed by atoms with Crippen molar-refractivity contribution in [3.63, 3.8) is 0 Å². The first kappa shape index (κ1) is 6.93. The second kappa shape index (κ2) is 2.71. The summed E-state index contributed by atoms with van der Waals surface area (Å²) < 4.78 is 0. The third-order valence-electron chi connectivity index (χ3n) is 1.98. The number of nitrogens with one attached hydrogen (secondary N) is 1. The topological polar surface area (TPSA) is 35.8 Å². The summed E-state index contributed by atoms with van der Waals surface area (Å²) in [6.45, 7) is 0.771. The Hall–Kier alpha value is -1.75. The Labute approximate surface area is 71.1 Å². The molecule has 2 rings (SSSR count). The van der Waals surface area contributed by atoms with E-state index in [4.69, 9.17) is 5.26 Å². The zero-order valence-electron chi connectivity index (χ0n) is 6.54. The molecule has 0 aliphatic carbocycles. The van der Waals surface area contributed by atoms with Crippen LogP contribution in [0.5, 0.6) is 0 Å². The van der Waals surface area contributed by atoms with E-state index in [0.717, 1.165) is 23.4 Å². The molecule has 0 aromatic heterocycles. The maximum Gasteiger partial charge on any atom is 0.0915 e. The molecule has 2 heteroatoms. The predicted octanol–water partition coefficient (Wildman–Crippen LogP) is 2.02. The van der Waals surface area contributed by atoms with Gasteiger partial charge in [-0.2, -0.15) is 5.26 Å². The van der Waals surface area contributed by atoms with Gasteiger partial charge >= 0.3 is 0 Å². The highest BCUT2D eigenvalue weighted by Crippen LogP contribution is 2.29. The molecule has 0 saturated heterocycles. The van der Waals surface area contributed by atoms with Crippen LogP contribution in [0.1, 0.15) is 5.56 Å². The Balaban J connectivity index is 2.51. The zero-order chi connectivity index (χ0) is 8.39. The van der Waals surface area contributed by atoms with Gasteiger partial charge in [0.05, 0.1) is 6.07 Å². The van der Waals surface area contributed by atoms with E-state index < -0.39 is 0 Å². The second-order valence-corrected chi connectivity index (χ2v) is 2.70. The molecule has 1 aromatic carbocycles. The van der Waals surface area contributed by atoms with Crippen LogP contribution in [-0.2, 0) is 0 Å². The van der Waals surface area contributed by atoms with Gasteiger partial charge in [0, 0.05) is 23.9 Å². The number of nitriles is 1. The molecule has 1 heterocycles. The van der Waals surface area contributed by atoms with E-state index >= 15 is 0 Å². The monoisotopic (exact) mass is 156 g/mol. The molecular formula is C10H8N2. The van der Waals surface area contributed by atoms with Gasteiger partial charge in [-0.1, -0.05) is 18.2 Å². The first-order valence-electron chi connectivity index (χ1n) is 3.84. The van der Waals surface area contributed by atoms with Crippen LogP contribution in [0.4, 0.5) is 5.69 Å². The average Bonchev–Trinajstić information content (AvgIpc) is 2.50. The van der Waals surface area contributed by atoms with Crippen LogP contribution in [-0.4, -0.2) is 6.54 Å². The van der Waals surface area contributed by atoms with E-state index in [-0.39, 0.29) is 0 Å². The van der Waals surface area contributed by atoms with E-state index in [9.17, 15) is 0 Å². The number of hydrogen-bond acceptors (Lipinski definition) is 2. The molecule has 1 aromatic rings. The van der Waals surface area contributed by atoms with Gasteiger partial charge in [0.15, 0.2) is 0 Å². The lowest BCUT2D eigenvalue weighted by atomic mass is 10.1. The van der Waals surface area contributed by atoms with Crippen molar-refractivity contribution in [2.45, 2.75) is 0 Å². The summed E-state index contributed by atoms with van der Waals surface area (Å²) in [6, 6.07) is 10.1. The maximum absolute atomic E-state index is 8.50. The molecule has 0 bridgehead atoms. The second-order valence-electron chi connectivity index (χ2n) is 2.70. The lowest BCUT2D eigenvalue weighted by Gasteiger charge is -1.95. The molecule has 0 spiro atoms. The Morgan fingerprint density at radius 3 is 3.08 bits per heavy atom.